The summed E-state index contributed by atoms with van der Waals surface area (Å²) in [6.07, 6.45) is 1.88. The number of aromatic nitrogens is 1. The molecule has 0 unspecified atom stereocenters. The fourth-order valence-corrected chi connectivity index (χ4v) is 2.69. The number of amides is 1. The quantitative estimate of drug-likeness (QED) is 0.771. The monoisotopic (exact) mass is 298 g/mol. The van der Waals surface area contributed by atoms with Gasteiger partial charge in [-0.15, -0.1) is 0 Å². The van der Waals surface area contributed by atoms with E-state index in [1.807, 2.05) is 66.2 Å². The molecular formula is C17H15ClN2O. The minimum absolute atomic E-state index is 0.0679. The topological polar surface area (TPSA) is 34.0 Å². The largest absolute Gasteiger partial charge is 0.337 e. The summed E-state index contributed by atoms with van der Waals surface area (Å²) >= 11 is 6.22. The van der Waals surface area contributed by atoms with Crippen LogP contribution in [0.25, 0.3) is 10.9 Å². The highest BCUT2D eigenvalue weighted by Gasteiger charge is 2.09. The molecule has 4 heteroatoms. The van der Waals surface area contributed by atoms with E-state index in [1.165, 1.54) is 0 Å². The van der Waals surface area contributed by atoms with E-state index in [0.29, 0.717) is 5.02 Å². The highest BCUT2D eigenvalue weighted by Crippen LogP contribution is 2.24. The lowest BCUT2D eigenvalue weighted by Crippen LogP contribution is -2.18. The van der Waals surface area contributed by atoms with E-state index >= 15 is 0 Å². The van der Waals surface area contributed by atoms with Gasteiger partial charge in [-0.25, -0.2) is 0 Å². The maximum absolute atomic E-state index is 12.2. The van der Waals surface area contributed by atoms with E-state index in [0.717, 1.165) is 22.2 Å². The predicted octanol–water partition coefficient (Wildman–Crippen LogP) is 4.24. The number of benzene rings is 2. The van der Waals surface area contributed by atoms with Crippen molar-refractivity contribution in [3.8, 4) is 0 Å². The smallest absolute Gasteiger partial charge is 0.244 e. The molecule has 0 aliphatic heterocycles. The molecule has 106 valence electrons. The molecule has 0 atom stereocenters. The van der Waals surface area contributed by atoms with Gasteiger partial charge >= 0.3 is 0 Å². The first kappa shape index (κ1) is 13.7. The highest BCUT2D eigenvalue weighted by molar-refractivity contribution is 6.35. The molecular weight excluding hydrogens is 284 g/mol. The molecule has 0 bridgehead atoms. The lowest BCUT2D eigenvalue weighted by Gasteiger charge is -2.10. The molecule has 0 fully saturated rings. The first-order valence-corrected chi connectivity index (χ1v) is 7.12. The van der Waals surface area contributed by atoms with Crippen LogP contribution in [0.2, 0.25) is 5.02 Å². The van der Waals surface area contributed by atoms with Crippen LogP contribution < -0.4 is 5.32 Å². The number of halogens is 1. The SMILES string of the molecule is Cc1ccccc1NC(=O)Cn1ccc2cccc(Cl)c21. The molecule has 21 heavy (non-hydrogen) atoms. The van der Waals surface area contributed by atoms with E-state index in [9.17, 15) is 4.79 Å². The summed E-state index contributed by atoms with van der Waals surface area (Å²) < 4.78 is 1.87. The van der Waals surface area contributed by atoms with Gasteiger partial charge in [-0.2, -0.15) is 0 Å². The number of aryl methyl sites for hydroxylation is 1. The number of nitrogens with zero attached hydrogens (tertiary/aromatic N) is 1. The van der Waals surface area contributed by atoms with Gasteiger partial charge in [0, 0.05) is 17.3 Å². The summed E-state index contributed by atoms with van der Waals surface area (Å²) in [5.74, 6) is -0.0679. The van der Waals surface area contributed by atoms with Gasteiger partial charge < -0.3 is 9.88 Å². The second kappa shape index (κ2) is 5.62. The van der Waals surface area contributed by atoms with Crippen LogP contribution in [0, 0.1) is 6.92 Å². The number of nitrogens with one attached hydrogen (secondary N) is 1. The number of hydrogen-bond donors (Lipinski definition) is 1. The Bertz CT molecular complexity index is 807. The van der Waals surface area contributed by atoms with Crippen LogP contribution in [0.1, 0.15) is 5.56 Å². The highest BCUT2D eigenvalue weighted by atomic mass is 35.5. The Hall–Kier alpha value is -2.26. The van der Waals surface area contributed by atoms with Crippen molar-refractivity contribution >= 4 is 34.1 Å². The zero-order valence-electron chi connectivity index (χ0n) is 11.6. The van der Waals surface area contributed by atoms with Gasteiger partial charge in [-0.1, -0.05) is 41.9 Å². The average Bonchev–Trinajstić information content (AvgIpc) is 2.86. The third-order valence-corrected chi connectivity index (χ3v) is 3.78. The van der Waals surface area contributed by atoms with Crippen LogP contribution in [0.4, 0.5) is 5.69 Å². The van der Waals surface area contributed by atoms with Crippen LogP contribution in [0.15, 0.2) is 54.7 Å². The third kappa shape index (κ3) is 2.78. The standard InChI is InChI=1S/C17H15ClN2O/c1-12-5-2-3-8-15(12)19-16(21)11-20-10-9-13-6-4-7-14(18)17(13)20/h2-10H,11H2,1H3,(H,19,21). The number of para-hydroxylation sites is 2. The molecule has 0 saturated carbocycles. The molecule has 0 aliphatic rings. The Morgan fingerprint density at radius 3 is 2.76 bits per heavy atom. The van der Waals surface area contributed by atoms with Gasteiger partial charge in [0.15, 0.2) is 0 Å². The van der Waals surface area contributed by atoms with Crippen LogP contribution >= 0.6 is 11.6 Å². The predicted molar refractivity (Wildman–Crippen MR) is 86.8 cm³/mol. The summed E-state index contributed by atoms with van der Waals surface area (Å²) in [5.41, 5.74) is 2.77. The van der Waals surface area contributed by atoms with E-state index in [2.05, 4.69) is 5.32 Å². The summed E-state index contributed by atoms with van der Waals surface area (Å²) in [7, 11) is 0. The molecule has 0 radical (unpaired) electrons. The Morgan fingerprint density at radius 2 is 1.95 bits per heavy atom. The average molecular weight is 299 g/mol. The molecule has 3 nitrogen and oxygen atoms in total. The number of hydrogen-bond acceptors (Lipinski definition) is 1. The van der Waals surface area contributed by atoms with Gasteiger partial charge in [0.25, 0.3) is 0 Å². The Morgan fingerprint density at radius 1 is 1.14 bits per heavy atom. The zero-order valence-corrected chi connectivity index (χ0v) is 12.4. The molecule has 3 rings (SSSR count). The lowest BCUT2D eigenvalue weighted by atomic mass is 10.2. The van der Waals surface area contributed by atoms with Gasteiger partial charge in [-0.05, 0) is 30.7 Å². The summed E-state index contributed by atoms with van der Waals surface area (Å²) in [4.78, 5) is 12.2. The molecule has 2 aromatic carbocycles. The zero-order chi connectivity index (χ0) is 14.8. The maximum Gasteiger partial charge on any atom is 0.244 e. The number of anilines is 1. The van der Waals surface area contributed by atoms with E-state index in [4.69, 9.17) is 11.6 Å². The molecule has 0 saturated heterocycles. The van der Waals surface area contributed by atoms with Crippen molar-refractivity contribution in [3.05, 3.63) is 65.3 Å². The first-order chi connectivity index (χ1) is 10.1. The van der Waals surface area contributed by atoms with Crippen molar-refractivity contribution in [1.29, 1.82) is 0 Å². The minimum atomic E-state index is -0.0679. The fourth-order valence-electron chi connectivity index (χ4n) is 2.40. The van der Waals surface area contributed by atoms with Crippen molar-refractivity contribution in [2.45, 2.75) is 13.5 Å². The number of rotatable bonds is 3. The van der Waals surface area contributed by atoms with Crippen LogP contribution in [-0.2, 0) is 11.3 Å². The van der Waals surface area contributed by atoms with E-state index in [-0.39, 0.29) is 12.5 Å². The van der Waals surface area contributed by atoms with Crippen molar-refractivity contribution in [2.24, 2.45) is 0 Å². The number of carbonyl (C=O) groups excluding carboxylic acids is 1. The van der Waals surface area contributed by atoms with Crippen LogP contribution in [0.3, 0.4) is 0 Å². The van der Waals surface area contributed by atoms with Crippen molar-refractivity contribution < 1.29 is 4.79 Å². The summed E-state index contributed by atoms with van der Waals surface area (Å²) in [5, 5.41) is 4.62. The summed E-state index contributed by atoms with van der Waals surface area (Å²) in [6, 6.07) is 15.4. The van der Waals surface area contributed by atoms with Gasteiger partial charge in [0.2, 0.25) is 5.91 Å². The van der Waals surface area contributed by atoms with Crippen molar-refractivity contribution in [2.75, 3.05) is 5.32 Å². The Labute approximate surface area is 128 Å². The van der Waals surface area contributed by atoms with Crippen LogP contribution in [-0.4, -0.2) is 10.5 Å². The van der Waals surface area contributed by atoms with Gasteiger partial charge in [0.1, 0.15) is 6.54 Å². The molecule has 1 aromatic heterocycles. The third-order valence-electron chi connectivity index (χ3n) is 3.47. The number of fused-ring (bicyclic) bond motifs is 1. The fraction of sp³-hybridized carbons (Fsp3) is 0.118. The molecule has 0 aliphatic carbocycles. The minimum Gasteiger partial charge on any atom is -0.337 e. The second-order valence-corrected chi connectivity index (χ2v) is 5.39. The molecule has 1 amide bonds. The van der Waals surface area contributed by atoms with Crippen LogP contribution in [0.5, 0.6) is 0 Å². The second-order valence-electron chi connectivity index (χ2n) is 4.98. The van der Waals surface area contributed by atoms with Gasteiger partial charge in [-0.3, -0.25) is 4.79 Å². The molecule has 1 heterocycles. The lowest BCUT2D eigenvalue weighted by molar-refractivity contribution is -0.116. The normalized spacial score (nSPS) is 10.8. The Balaban J connectivity index is 1.83. The van der Waals surface area contributed by atoms with E-state index in [1.54, 1.807) is 0 Å². The maximum atomic E-state index is 12.2. The number of carbonyl (C=O) groups is 1. The van der Waals surface area contributed by atoms with Crippen molar-refractivity contribution in [1.82, 2.24) is 4.57 Å². The molecule has 0 spiro atoms. The van der Waals surface area contributed by atoms with Gasteiger partial charge in [0.05, 0.1) is 10.5 Å². The van der Waals surface area contributed by atoms with Crippen molar-refractivity contribution in [3.63, 3.8) is 0 Å². The molecule has 1 N–H and O–H groups in total. The van der Waals surface area contributed by atoms with E-state index < -0.39 is 0 Å². The summed E-state index contributed by atoms with van der Waals surface area (Å²) in [6.45, 7) is 2.21. The molecule has 3 aromatic rings. The first-order valence-electron chi connectivity index (χ1n) is 6.74. The Kier molecular flexibility index (Phi) is 3.67.